The molecule has 0 unspecified atom stereocenters. The fourth-order valence-electron chi connectivity index (χ4n) is 3.20. The van der Waals surface area contributed by atoms with Crippen LogP contribution < -0.4 is 5.32 Å². The first-order valence-corrected chi connectivity index (χ1v) is 9.36. The summed E-state index contributed by atoms with van der Waals surface area (Å²) in [6.07, 6.45) is 2.52. The van der Waals surface area contributed by atoms with Crippen molar-refractivity contribution >= 4 is 16.9 Å². The summed E-state index contributed by atoms with van der Waals surface area (Å²) in [6.45, 7) is 7.36. The molecule has 0 aliphatic heterocycles. The molecular formula is C21H27N5O. The van der Waals surface area contributed by atoms with Crippen molar-refractivity contribution in [3.05, 3.63) is 59.5 Å². The summed E-state index contributed by atoms with van der Waals surface area (Å²) in [7, 11) is 1.82. The summed E-state index contributed by atoms with van der Waals surface area (Å²) in [4.78, 5) is 18.8. The molecule has 0 radical (unpaired) electrons. The van der Waals surface area contributed by atoms with Gasteiger partial charge in [0.2, 0.25) is 0 Å². The number of nitrogens with one attached hydrogen (secondary N) is 1. The molecule has 142 valence electrons. The third kappa shape index (κ3) is 4.10. The van der Waals surface area contributed by atoms with Crippen LogP contribution in [0.5, 0.6) is 0 Å². The molecule has 6 heteroatoms. The molecule has 0 aliphatic carbocycles. The van der Waals surface area contributed by atoms with Crippen LogP contribution in [0.1, 0.15) is 30.8 Å². The van der Waals surface area contributed by atoms with Crippen molar-refractivity contribution in [2.24, 2.45) is 0 Å². The number of likely N-dealkylation sites (N-methyl/N-ethyl adjacent to an activating group) is 1. The maximum absolute atomic E-state index is 12.6. The Hall–Kier alpha value is -2.89. The van der Waals surface area contributed by atoms with Gasteiger partial charge in [0.05, 0.1) is 17.8 Å². The minimum Gasteiger partial charge on any atom is -0.332 e. The Morgan fingerprint density at radius 2 is 2.00 bits per heavy atom. The van der Waals surface area contributed by atoms with Crippen LogP contribution in [0.25, 0.3) is 10.9 Å². The van der Waals surface area contributed by atoms with Crippen LogP contribution in [0.4, 0.5) is 4.79 Å². The monoisotopic (exact) mass is 365 g/mol. The average molecular weight is 365 g/mol. The van der Waals surface area contributed by atoms with Gasteiger partial charge in [-0.05, 0) is 38.5 Å². The Kier molecular flexibility index (Phi) is 5.74. The maximum atomic E-state index is 12.6. The van der Waals surface area contributed by atoms with E-state index in [0.717, 1.165) is 40.8 Å². The highest BCUT2D eigenvalue weighted by molar-refractivity contribution is 5.82. The first-order valence-electron chi connectivity index (χ1n) is 9.36. The number of hydrogen-bond donors (Lipinski definition) is 1. The van der Waals surface area contributed by atoms with E-state index in [1.165, 1.54) is 0 Å². The molecule has 0 aliphatic rings. The van der Waals surface area contributed by atoms with Crippen molar-refractivity contribution in [1.82, 2.24) is 25.0 Å². The number of aryl methyl sites for hydroxylation is 2. The minimum atomic E-state index is -0.105. The smallest absolute Gasteiger partial charge is 0.317 e. The lowest BCUT2D eigenvalue weighted by atomic mass is 10.1. The van der Waals surface area contributed by atoms with Crippen LogP contribution >= 0.6 is 0 Å². The number of benzene rings is 1. The van der Waals surface area contributed by atoms with Gasteiger partial charge in [-0.25, -0.2) is 4.79 Å². The predicted molar refractivity (Wildman–Crippen MR) is 108 cm³/mol. The van der Waals surface area contributed by atoms with E-state index in [1.54, 1.807) is 11.1 Å². The topological polar surface area (TPSA) is 63.1 Å². The third-order valence-electron chi connectivity index (χ3n) is 5.03. The number of carbonyl (C=O) groups is 1. The Balaban J connectivity index is 1.64. The zero-order chi connectivity index (χ0) is 19.4. The number of hydrogen-bond acceptors (Lipinski definition) is 3. The predicted octanol–water partition coefficient (Wildman–Crippen LogP) is 3.53. The van der Waals surface area contributed by atoms with E-state index < -0.39 is 0 Å². The van der Waals surface area contributed by atoms with E-state index in [4.69, 9.17) is 0 Å². The number of aromatic nitrogens is 3. The highest BCUT2D eigenvalue weighted by Gasteiger charge is 2.18. The molecule has 0 saturated carbocycles. The number of carbonyl (C=O) groups excluding carboxylic acids is 1. The van der Waals surface area contributed by atoms with Crippen LogP contribution in [0, 0.1) is 6.92 Å². The first-order chi connectivity index (χ1) is 13.0. The van der Waals surface area contributed by atoms with Crippen LogP contribution in [0.3, 0.4) is 0 Å². The second kappa shape index (κ2) is 8.20. The van der Waals surface area contributed by atoms with Gasteiger partial charge >= 0.3 is 6.03 Å². The summed E-state index contributed by atoms with van der Waals surface area (Å²) >= 11 is 0. The molecule has 1 aromatic carbocycles. The van der Waals surface area contributed by atoms with Crippen LogP contribution in [0.2, 0.25) is 0 Å². The van der Waals surface area contributed by atoms with Gasteiger partial charge in [0.1, 0.15) is 0 Å². The molecule has 6 nitrogen and oxygen atoms in total. The summed E-state index contributed by atoms with van der Waals surface area (Å²) in [5.74, 6) is 0. The second-order valence-corrected chi connectivity index (χ2v) is 6.87. The lowest BCUT2D eigenvalue weighted by molar-refractivity contribution is 0.193. The van der Waals surface area contributed by atoms with E-state index in [2.05, 4.69) is 28.4 Å². The molecule has 3 rings (SSSR count). The van der Waals surface area contributed by atoms with Crippen LogP contribution in [0.15, 0.2) is 42.6 Å². The van der Waals surface area contributed by atoms with Gasteiger partial charge in [-0.2, -0.15) is 5.10 Å². The number of nitrogens with zero attached hydrogens (tertiary/aromatic N) is 4. The van der Waals surface area contributed by atoms with E-state index in [0.29, 0.717) is 6.54 Å². The number of pyridine rings is 1. The molecule has 0 spiro atoms. The fraction of sp³-hybridized carbons (Fsp3) is 0.381. The van der Waals surface area contributed by atoms with Crippen molar-refractivity contribution in [2.45, 2.75) is 46.3 Å². The van der Waals surface area contributed by atoms with Gasteiger partial charge in [-0.1, -0.05) is 24.3 Å². The number of fused-ring (bicyclic) bond motifs is 1. The Morgan fingerprint density at radius 3 is 2.74 bits per heavy atom. The van der Waals surface area contributed by atoms with Crippen molar-refractivity contribution in [3.63, 3.8) is 0 Å². The van der Waals surface area contributed by atoms with Crippen LogP contribution in [-0.2, 0) is 19.5 Å². The van der Waals surface area contributed by atoms with E-state index >= 15 is 0 Å². The molecule has 2 aromatic heterocycles. The molecule has 1 N–H and O–H groups in total. The highest BCUT2D eigenvalue weighted by atomic mass is 16.2. The summed E-state index contributed by atoms with van der Waals surface area (Å²) < 4.78 is 1.97. The van der Waals surface area contributed by atoms with E-state index in [9.17, 15) is 4.79 Å². The molecule has 1 atom stereocenters. The fourth-order valence-corrected chi connectivity index (χ4v) is 3.20. The van der Waals surface area contributed by atoms with E-state index in [-0.39, 0.29) is 12.1 Å². The van der Waals surface area contributed by atoms with Gasteiger partial charge < -0.3 is 10.2 Å². The summed E-state index contributed by atoms with van der Waals surface area (Å²) in [5.41, 5.74) is 4.16. The van der Waals surface area contributed by atoms with Crippen molar-refractivity contribution < 1.29 is 4.79 Å². The molecule has 0 saturated heterocycles. The Morgan fingerprint density at radius 1 is 1.22 bits per heavy atom. The molecule has 2 heterocycles. The number of amides is 2. The first kappa shape index (κ1) is 18.9. The quantitative estimate of drug-likeness (QED) is 0.727. The molecular weight excluding hydrogens is 338 g/mol. The molecule has 0 fully saturated rings. The molecule has 3 aromatic rings. The summed E-state index contributed by atoms with van der Waals surface area (Å²) in [5, 5.41) is 8.72. The minimum absolute atomic E-state index is 0.0449. The molecule has 0 bridgehead atoms. The van der Waals surface area contributed by atoms with Crippen LogP contribution in [-0.4, -0.2) is 38.8 Å². The lowest BCUT2D eigenvalue weighted by Crippen LogP contribution is -2.43. The largest absolute Gasteiger partial charge is 0.332 e. The second-order valence-electron chi connectivity index (χ2n) is 6.87. The van der Waals surface area contributed by atoms with E-state index in [1.807, 2.05) is 55.9 Å². The third-order valence-corrected chi connectivity index (χ3v) is 5.03. The standard InChI is InChI=1S/C21H27N5O/c1-5-26-20-11-7-6-10-17(20)19(24-26)14-23-21(27)25(4)16(3)13-18-15(2)9-8-12-22-18/h6-12,16H,5,13-14H2,1-4H3,(H,23,27)/t16-/m0/s1. The van der Waals surface area contributed by atoms with Gasteiger partial charge in [-0.3, -0.25) is 9.67 Å². The van der Waals surface area contributed by atoms with Gasteiger partial charge in [0, 0.05) is 43.3 Å². The van der Waals surface area contributed by atoms with Gasteiger partial charge in [0.15, 0.2) is 0 Å². The SMILES string of the molecule is CCn1nc(CNC(=O)N(C)[C@@H](C)Cc2ncccc2C)c2ccccc21. The molecule has 27 heavy (non-hydrogen) atoms. The Bertz CT molecular complexity index is 933. The molecule has 2 amide bonds. The van der Waals surface area contributed by atoms with Gasteiger partial charge in [0.25, 0.3) is 0 Å². The summed E-state index contributed by atoms with van der Waals surface area (Å²) in [6, 6.07) is 12.0. The zero-order valence-electron chi connectivity index (χ0n) is 16.4. The maximum Gasteiger partial charge on any atom is 0.317 e. The van der Waals surface area contributed by atoms with Crippen molar-refractivity contribution in [1.29, 1.82) is 0 Å². The van der Waals surface area contributed by atoms with Gasteiger partial charge in [-0.15, -0.1) is 0 Å². The number of urea groups is 1. The lowest BCUT2D eigenvalue weighted by Gasteiger charge is -2.25. The normalized spacial score (nSPS) is 12.1. The zero-order valence-corrected chi connectivity index (χ0v) is 16.4. The Labute approximate surface area is 160 Å². The number of rotatable bonds is 6. The highest BCUT2D eigenvalue weighted by Crippen LogP contribution is 2.18. The van der Waals surface area contributed by atoms with Crippen molar-refractivity contribution in [3.8, 4) is 0 Å². The average Bonchev–Trinajstić information content (AvgIpc) is 3.05. The van der Waals surface area contributed by atoms with Crippen molar-refractivity contribution in [2.75, 3.05) is 7.05 Å². The number of para-hydroxylation sites is 1.